The Balaban J connectivity index is 1.42. The lowest BCUT2D eigenvalue weighted by Gasteiger charge is -2.25. The van der Waals surface area contributed by atoms with Crippen molar-refractivity contribution in [2.45, 2.75) is 38.8 Å². The molecule has 0 spiro atoms. The minimum atomic E-state index is -0.444. The summed E-state index contributed by atoms with van der Waals surface area (Å²) in [5.74, 6) is 1.74. The van der Waals surface area contributed by atoms with Gasteiger partial charge in [0.1, 0.15) is 15.5 Å². The van der Waals surface area contributed by atoms with Crippen molar-refractivity contribution in [2.24, 2.45) is 0 Å². The molecule has 9 heteroatoms. The smallest absolute Gasteiger partial charge is 0.348 e. The summed E-state index contributed by atoms with van der Waals surface area (Å²) in [7, 11) is 1.34. The van der Waals surface area contributed by atoms with Crippen LogP contribution in [0.4, 0.5) is 0 Å². The van der Waals surface area contributed by atoms with Crippen LogP contribution in [0.3, 0.4) is 0 Å². The molecule has 1 aromatic carbocycles. The molecule has 1 saturated heterocycles. The van der Waals surface area contributed by atoms with E-state index in [9.17, 15) is 9.59 Å². The van der Waals surface area contributed by atoms with Crippen LogP contribution in [0.2, 0.25) is 0 Å². The first-order chi connectivity index (χ1) is 15.5. The zero-order chi connectivity index (χ0) is 22.2. The highest BCUT2D eigenvalue weighted by atomic mass is 32.1. The average Bonchev–Trinajstić information content (AvgIpc) is 3.29. The molecule has 2 aromatic heterocycles. The average molecular weight is 456 g/mol. The van der Waals surface area contributed by atoms with Crippen molar-refractivity contribution in [1.29, 1.82) is 0 Å². The van der Waals surface area contributed by atoms with Crippen molar-refractivity contribution in [2.75, 3.05) is 26.9 Å². The lowest BCUT2D eigenvalue weighted by molar-refractivity contribution is 0.0605. The second-order valence-corrected chi connectivity index (χ2v) is 9.12. The molecule has 3 aromatic rings. The summed E-state index contributed by atoms with van der Waals surface area (Å²) in [5, 5.41) is 0.458. The molecule has 0 amide bonds. The van der Waals surface area contributed by atoms with E-state index < -0.39 is 5.97 Å². The van der Waals surface area contributed by atoms with Gasteiger partial charge in [0.25, 0.3) is 5.56 Å². The molecule has 0 saturated carbocycles. The molecule has 4 heterocycles. The number of methoxy groups -OCH3 is 1. The second kappa shape index (κ2) is 8.55. The molecule has 1 fully saturated rings. The van der Waals surface area contributed by atoms with Crippen molar-refractivity contribution in [1.82, 2.24) is 14.9 Å². The first-order valence-electron chi connectivity index (χ1n) is 10.8. The van der Waals surface area contributed by atoms with Crippen molar-refractivity contribution in [3.05, 3.63) is 50.4 Å². The number of carbonyl (C=O) groups is 1. The summed E-state index contributed by atoms with van der Waals surface area (Å²) in [6, 6.07) is 6.38. The highest BCUT2D eigenvalue weighted by Crippen LogP contribution is 2.38. The van der Waals surface area contributed by atoms with E-state index in [2.05, 4.69) is 27.0 Å². The molecule has 0 bridgehead atoms. The first-order valence-corrected chi connectivity index (χ1v) is 11.6. The number of hydrogen-bond acceptors (Lipinski definition) is 8. The van der Waals surface area contributed by atoms with Crippen LogP contribution in [-0.2, 0) is 11.3 Å². The topological polar surface area (TPSA) is 93.8 Å². The molecule has 1 unspecified atom stereocenters. The quantitative estimate of drug-likeness (QED) is 0.601. The summed E-state index contributed by atoms with van der Waals surface area (Å²) in [5.41, 5.74) is 1.57. The maximum absolute atomic E-state index is 12.8. The third-order valence-electron chi connectivity index (χ3n) is 6.09. The number of nitrogens with one attached hydrogen (secondary N) is 1. The molecule has 0 radical (unpaired) electrons. The molecule has 168 valence electrons. The van der Waals surface area contributed by atoms with Crippen molar-refractivity contribution >= 4 is 27.5 Å². The number of H-pyrrole nitrogens is 1. The summed E-state index contributed by atoms with van der Waals surface area (Å²) in [6.45, 7) is 4.52. The van der Waals surface area contributed by atoms with E-state index in [0.717, 1.165) is 37.3 Å². The number of aryl methyl sites for hydroxylation is 1. The van der Waals surface area contributed by atoms with Crippen LogP contribution >= 0.6 is 11.3 Å². The lowest BCUT2D eigenvalue weighted by atomic mass is 10.0. The van der Waals surface area contributed by atoms with E-state index in [1.807, 2.05) is 6.07 Å². The third kappa shape index (κ3) is 3.75. The number of fused-ring (bicyclic) bond motifs is 2. The van der Waals surface area contributed by atoms with Gasteiger partial charge in [-0.15, -0.1) is 11.3 Å². The molecule has 2 aliphatic rings. The van der Waals surface area contributed by atoms with Crippen molar-refractivity contribution < 1.29 is 19.0 Å². The second-order valence-electron chi connectivity index (χ2n) is 8.13. The number of thiophene rings is 1. The van der Waals surface area contributed by atoms with E-state index in [0.29, 0.717) is 46.2 Å². The maximum Gasteiger partial charge on any atom is 0.348 e. The van der Waals surface area contributed by atoms with Crippen LogP contribution < -0.4 is 15.0 Å². The molecule has 32 heavy (non-hydrogen) atoms. The Hall–Kier alpha value is -2.91. The molecule has 1 N–H and O–H groups in total. The Morgan fingerprint density at radius 1 is 1.28 bits per heavy atom. The summed E-state index contributed by atoms with van der Waals surface area (Å²) in [4.78, 5) is 35.7. The number of rotatable bonds is 4. The standard InChI is InChI=1S/C23H25N3O5S/c1-13-19-21(27)24-18(25-22(19)32-20(13)23(28)29-2)12-26-8-3-5-15(26)14-6-7-16-17(11-14)31-10-4-9-30-16/h6-7,11,15H,3-5,8-10,12H2,1-2H3,(H,24,25,27). The molecule has 8 nitrogen and oxygen atoms in total. The Morgan fingerprint density at radius 3 is 2.91 bits per heavy atom. The van der Waals surface area contributed by atoms with Gasteiger partial charge in [0.05, 0.1) is 32.3 Å². The van der Waals surface area contributed by atoms with Gasteiger partial charge in [-0.2, -0.15) is 0 Å². The number of esters is 1. The van der Waals surface area contributed by atoms with E-state index in [4.69, 9.17) is 14.2 Å². The fraction of sp³-hybridized carbons (Fsp3) is 0.435. The number of nitrogens with zero attached hydrogens (tertiary/aromatic N) is 2. The molecule has 1 atom stereocenters. The zero-order valence-corrected chi connectivity index (χ0v) is 18.9. The van der Waals surface area contributed by atoms with Gasteiger partial charge in [-0.05, 0) is 49.6 Å². The van der Waals surface area contributed by atoms with E-state index in [-0.39, 0.29) is 11.6 Å². The Kier molecular flexibility index (Phi) is 5.60. The van der Waals surface area contributed by atoms with Gasteiger partial charge < -0.3 is 19.2 Å². The molecular weight excluding hydrogens is 430 g/mol. The number of hydrogen-bond donors (Lipinski definition) is 1. The minimum absolute atomic E-state index is 0.212. The Labute approximate surface area is 189 Å². The van der Waals surface area contributed by atoms with Crippen LogP contribution in [0, 0.1) is 6.92 Å². The minimum Gasteiger partial charge on any atom is -0.490 e. The van der Waals surface area contributed by atoms with Gasteiger partial charge in [0.15, 0.2) is 11.5 Å². The van der Waals surface area contributed by atoms with Crippen molar-refractivity contribution in [3.8, 4) is 11.5 Å². The van der Waals surface area contributed by atoms with E-state index >= 15 is 0 Å². The van der Waals surface area contributed by atoms with Gasteiger partial charge >= 0.3 is 5.97 Å². The summed E-state index contributed by atoms with van der Waals surface area (Å²) >= 11 is 1.20. The predicted octanol–water partition coefficient (Wildman–Crippen LogP) is 3.58. The first kappa shape index (κ1) is 21.0. The predicted molar refractivity (Wildman–Crippen MR) is 121 cm³/mol. The molecule has 0 aliphatic carbocycles. The van der Waals surface area contributed by atoms with E-state index in [1.54, 1.807) is 6.92 Å². The van der Waals surface area contributed by atoms with Crippen molar-refractivity contribution in [3.63, 3.8) is 0 Å². The van der Waals surface area contributed by atoms with Crippen LogP contribution in [0.25, 0.3) is 10.2 Å². The molecule has 2 aliphatic heterocycles. The van der Waals surface area contributed by atoms with Gasteiger partial charge in [0, 0.05) is 12.5 Å². The molecule has 5 rings (SSSR count). The monoisotopic (exact) mass is 455 g/mol. The number of aromatic nitrogens is 2. The summed E-state index contributed by atoms with van der Waals surface area (Å²) in [6.07, 6.45) is 2.97. The Bertz CT molecular complexity index is 1230. The number of likely N-dealkylation sites (tertiary alicyclic amines) is 1. The zero-order valence-electron chi connectivity index (χ0n) is 18.1. The number of benzene rings is 1. The van der Waals surface area contributed by atoms with Gasteiger partial charge in [-0.3, -0.25) is 9.69 Å². The van der Waals surface area contributed by atoms with Crippen LogP contribution in [0.5, 0.6) is 11.5 Å². The number of ether oxygens (including phenoxy) is 3. The van der Waals surface area contributed by atoms with Crippen LogP contribution in [0.1, 0.15) is 51.9 Å². The van der Waals surface area contributed by atoms with Gasteiger partial charge in [-0.1, -0.05) is 6.07 Å². The Morgan fingerprint density at radius 2 is 2.09 bits per heavy atom. The van der Waals surface area contributed by atoms with Crippen LogP contribution in [-0.4, -0.2) is 47.7 Å². The summed E-state index contributed by atoms with van der Waals surface area (Å²) < 4.78 is 16.5. The highest BCUT2D eigenvalue weighted by molar-refractivity contribution is 7.20. The SMILES string of the molecule is COC(=O)c1sc2nc(CN3CCCC3c3ccc4c(c3)OCCCO4)[nH]c(=O)c2c1C. The fourth-order valence-corrected chi connectivity index (χ4v) is 5.64. The van der Waals surface area contributed by atoms with Gasteiger partial charge in [0.2, 0.25) is 0 Å². The lowest BCUT2D eigenvalue weighted by Crippen LogP contribution is -2.25. The van der Waals surface area contributed by atoms with Crippen LogP contribution in [0.15, 0.2) is 23.0 Å². The number of carbonyl (C=O) groups excluding carboxylic acids is 1. The largest absolute Gasteiger partial charge is 0.490 e. The van der Waals surface area contributed by atoms with E-state index in [1.165, 1.54) is 24.0 Å². The fourth-order valence-electron chi connectivity index (χ4n) is 4.52. The molecular formula is C23H25N3O5S. The normalized spacial score (nSPS) is 18.6. The highest BCUT2D eigenvalue weighted by Gasteiger charge is 2.28. The third-order valence-corrected chi connectivity index (χ3v) is 7.26. The number of aromatic amines is 1. The maximum atomic E-state index is 12.8. The van der Waals surface area contributed by atoms with Gasteiger partial charge in [-0.25, -0.2) is 9.78 Å².